The summed E-state index contributed by atoms with van der Waals surface area (Å²) in [7, 11) is 0. The van der Waals surface area contributed by atoms with Gasteiger partial charge in [0.2, 0.25) is 0 Å². The normalized spacial score (nSPS) is 10.8. The molecule has 1 heterocycles. The molecule has 90 valence electrons. The van der Waals surface area contributed by atoms with Gasteiger partial charge in [-0.2, -0.15) is 0 Å². The van der Waals surface area contributed by atoms with Crippen LogP contribution in [0, 0.1) is 6.92 Å². The number of nitrogen functional groups attached to an aromatic ring is 1. The third-order valence-corrected chi connectivity index (χ3v) is 3.38. The average molecular weight is 294 g/mol. The van der Waals surface area contributed by atoms with Crippen molar-refractivity contribution in [1.29, 1.82) is 0 Å². The Labute approximate surface area is 110 Å². The molecule has 0 aliphatic carbocycles. The lowest BCUT2D eigenvalue weighted by molar-refractivity contribution is 0.686. The van der Waals surface area contributed by atoms with Crippen molar-refractivity contribution in [3.05, 3.63) is 34.6 Å². The van der Waals surface area contributed by atoms with E-state index in [0.29, 0.717) is 0 Å². The number of aromatic nitrogens is 2. The third-order valence-electron chi connectivity index (χ3n) is 2.72. The number of rotatable bonds is 3. The Balaban J connectivity index is 2.46. The first kappa shape index (κ1) is 12.2. The van der Waals surface area contributed by atoms with E-state index in [-0.39, 0.29) is 0 Å². The fourth-order valence-corrected chi connectivity index (χ4v) is 2.51. The van der Waals surface area contributed by atoms with Crippen LogP contribution in [0.2, 0.25) is 0 Å². The van der Waals surface area contributed by atoms with E-state index in [9.17, 15) is 0 Å². The highest BCUT2D eigenvalue weighted by molar-refractivity contribution is 9.10. The van der Waals surface area contributed by atoms with E-state index < -0.39 is 0 Å². The van der Waals surface area contributed by atoms with Gasteiger partial charge in [-0.25, -0.2) is 4.98 Å². The van der Waals surface area contributed by atoms with Crippen LogP contribution in [0.4, 0.5) is 5.82 Å². The molecule has 0 fully saturated rings. The Morgan fingerprint density at radius 1 is 1.41 bits per heavy atom. The van der Waals surface area contributed by atoms with Crippen molar-refractivity contribution >= 4 is 21.7 Å². The molecule has 0 bridgehead atoms. The van der Waals surface area contributed by atoms with Crippen molar-refractivity contribution < 1.29 is 0 Å². The number of nitrogens with two attached hydrogens (primary N) is 1. The van der Waals surface area contributed by atoms with Gasteiger partial charge in [0.25, 0.3) is 0 Å². The molecule has 2 aromatic rings. The number of hydrogen-bond acceptors (Lipinski definition) is 2. The highest BCUT2D eigenvalue weighted by Gasteiger charge is 2.12. The predicted molar refractivity (Wildman–Crippen MR) is 74.8 cm³/mol. The molecule has 1 aromatic heterocycles. The topological polar surface area (TPSA) is 43.8 Å². The minimum absolute atomic E-state index is 0.733. The minimum atomic E-state index is 0.733. The van der Waals surface area contributed by atoms with Crippen LogP contribution in [-0.4, -0.2) is 9.55 Å². The van der Waals surface area contributed by atoms with Crippen LogP contribution in [-0.2, 0) is 6.54 Å². The molecule has 0 saturated carbocycles. The SMILES string of the molecule is CCCn1cnc(-c2ccc(C)cc2Br)c1N. The maximum atomic E-state index is 6.11. The van der Waals surface area contributed by atoms with Gasteiger partial charge in [0, 0.05) is 16.6 Å². The molecule has 3 nitrogen and oxygen atoms in total. The molecule has 0 aliphatic rings. The second-order valence-corrected chi connectivity index (χ2v) is 5.01. The Morgan fingerprint density at radius 2 is 2.18 bits per heavy atom. The molecule has 1 aromatic carbocycles. The second kappa shape index (κ2) is 4.92. The Bertz CT molecular complexity index is 531. The van der Waals surface area contributed by atoms with Crippen LogP contribution in [0.15, 0.2) is 29.0 Å². The van der Waals surface area contributed by atoms with Crippen molar-refractivity contribution in [3.63, 3.8) is 0 Å². The first-order chi connectivity index (χ1) is 8.13. The summed E-state index contributed by atoms with van der Waals surface area (Å²) in [5.41, 5.74) is 9.22. The fraction of sp³-hybridized carbons (Fsp3) is 0.308. The van der Waals surface area contributed by atoms with Gasteiger partial charge in [0.15, 0.2) is 0 Å². The molecule has 2 rings (SSSR count). The third kappa shape index (κ3) is 2.36. The molecular formula is C13H16BrN3. The van der Waals surface area contributed by atoms with Gasteiger partial charge in [-0.3, -0.25) is 0 Å². The molecule has 0 radical (unpaired) electrons. The van der Waals surface area contributed by atoms with Crippen molar-refractivity contribution in [2.45, 2.75) is 26.8 Å². The monoisotopic (exact) mass is 293 g/mol. The van der Waals surface area contributed by atoms with Gasteiger partial charge in [0.1, 0.15) is 11.5 Å². The molecule has 4 heteroatoms. The van der Waals surface area contributed by atoms with E-state index in [1.807, 2.05) is 10.6 Å². The first-order valence-corrected chi connectivity index (χ1v) is 6.50. The van der Waals surface area contributed by atoms with E-state index in [2.05, 4.69) is 46.9 Å². The molecule has 17 heavy (non-hydrogen) atoms. The summed E-state index contributed by atoms with van der Waals surface area (Å²) in [6.45, 7) is 5.09. The van der Waals surface area contributed by atoms with Gasteiger partial charge in [0.05, 0.1) is 6.33 Å². The van der Waals surface area contributed by atoms with E-state index >= 15 is 0 Å². The van der Waals surface area contributed by atoms with Crippen molar-refractivity contribution in [2.24, 2.45) is 0 Å². The minimum Gasteiger partial charge on any atom is -0.383 e. The van der Waals surface area contributed by atoms with Crippen LogP contribution in [0.5, 0.6) is 0 Å². The smallest absolute Gasteiger partial charge is 0.131 e. The molecule has 0 amide bonds. The van der Waals surface area contributed by atoms with Crippen molar-refractivity contribution in [1.82, 2.24) is 9.55 Å². The zero-order valence-corrected chi connectivity index (χ0v) is 11.7. The average Bonchev–Trinajstić information content (AvgIpc) is 2.62. The largest absolute Gasteiger partial charge is 0.383 e. The van der Waals surface area contributed by atoms with Crippen LogP contribution in [0.3, 0.4) is 0 Å². The zero-order valence-electron chi connectivity index (χ0n) is 10.1. The molecular weight excluding hydrogens is 278 g/mol. The number of nitrogens with zero attached hydrogens (tertiary/aromatic N) is 2. The van der Waals surface area contributed by atoms with Crippen LogP contribution < -0.4 is 5.73 Å². The van der Waals surface area contributed by atoms with Gasteiger partial charge in [-0.15, -0.1) is 0 Å². The maximum absolute atomic E-state index is 6.11. The van der Waals surface area contributed by atoms with Crippen molar-refractivity contribution in [2.75, 3.05) is 5.73 Å². The van der Waals surface area contributed by atoms with Crippen molar-refractivity contribution in [3.8, 4) is 11.3 Å². The standard InChI is InChI=1S/C13H16BrN3/c1-3-6-17-8-16-12(13(17)15)10-5-4-9(2)7-11(10)14/h4-5,7-8H,3,6,15H2,1-2H3. The van der Waals surface area contributed by atoms with Crippen LogP contribution in [0.25, 0.3) is 11.3 Å². The summed E-state index contributed by atoms with van der Waals surface area (Å²) in [6.07, 6.45) is 2.86. The van der Waals surface area contributed by atoms with Gasteiger partial charge in [-0.1, -0.05) is 35.0 Å². The summed E-state index contributed by atoms with van der Waals surface area (Å²) >= 11 is 3.56. The highest BCUT2D eigenvalue weighted by atomic mass is 79.9. The summed E-state index contributed by atoms with van der Waals surface area (Å²) in [5, 5.41) is 0. The van der Waals surface area contributed by atoms with Crippen LogP contribution in [0.1, 0.15) is 18.9 Å². The van der Waals surface area contributed by atoms with Gasteiger partial charge >= 0.3 is 0 Å². The summed E-state index contributed by atoms with van der Waals surface area (Å²) in [6, 6.07) is 6.19. The fourth-order valence-electron chi connectivity index (χ4n) is 1.83. The number of aryl methyl sites for hydroxylation is 2. The number of halogens is 1. The predicted octanol–water partition coefficient (Wildman–Crippen LogP) is 3.61. The zero-order chi connectivity index (χ0) is 12.4. The molecule has 0 unspecified atom stereocenters. The molecule has 2 N–H and O–H groups in total. The number of imidazole rings is 1. The maximum Gasteiger partial charge on any atom is 0.131 e. The van der Waals surface area contributed by atoms with Crippen LogP contribution >= 0.6 is 15.9 Å². The first-order valence-electron chi connectivity index (χ1n) is 5.70. The molecule has 0 saturated heterocycles. The quantitative estimate of drug-likeness (QED) is 0.939. The molecule has 0 aliphatic heterocycles. The van der Waals surface area contributed by atoms with E-state index in [1.54, 1.807) is 6.33 Å². The number of anilines is 1. The van der Waals surface area contributed by atoms with Gasteiger partial charge < -0.3 is 10.3 Å². The number of benzene rings is 1. The lowest BCUT2D eigenvalue weighted by Crippen LogP contribution is -2.01. The Kier molecular flexibility index (Phi) is 3.52. The van der Waals surface area contributed by atoms with E-state index in [1.165, 1.54) is 5.56 Å². The van der Waals surface area contributed by atoms with E-state index in [0.717, 1.165) is 34.5 Å². The number of hydrogen-bond donors (Lipinski definition) is 1. The Hall–Kier alpha value is -1.29. The summed E-state index contributed by atoms with van der Waals surface area (Å²) in [4.78, 5) is 4.40. The summed E-state index contributed by atoms with van der Waals surface area (Å²) < 4.78 is 3.02. The van der Waals surface area contributed by atoms with Gasteiger partial charge in [-0.05, 0) is 25.0 Å². The lowest BCUT2D eigenvalue weighted by Gasteiger charge is -2.06. The van der Waals surface area contributed by atoms with E-state index in [4.69, 9.17) is 5.73 Å². The summed E-state index contributed by atoms with van der Waals surface area (Å²) in [5.74, 6) is 0.733. The highest BCUT2D eigenvalue weighted by Crippen LogP contribution is 2.31. The molecule has 0 spiro atoms. The lowest BCUT2D eigenvalue weighted by atomic mass is 10.1. The molecule has 0 atom stereocenters. The second-order valence-electron chi connectivity index (χ2n) is 4.16. The Morgan fingerprint density at radius 3 is 2.82 bits per heavy atom.